The number of aromatic amines is 1. The predicted octanol–water partition coefficient (Wildman–Crippen LogP) is 1.52. The molecule has 1 aromatic heterocycles. The molecule has 0 radical (unpaired) electrons. The second-order valence-corrected chi connectivity index (χ2v) is 3.67. The summed E-state index contributed by atoms with van der Waals surface area (Å²) >= 11 is 0. The van der Waals surface area contributed by atoms with Gasteiger partial charge in [-0.15, -0.1) is 0 Å². The van der Waals surface area contributed by atoms with Gasteiger partial charge in [0, 0.05) is 30.5 Å². The first-order valence-corrected chi connectivity index (χ1v) is 5.30. The normalized spacial score (nSPS) is 9.82. The van der Waals surface area contributed by atoms with Crippen molar-refractivity contribution in [2.45, 2.75) is 6.42 Å². The molecule has 0 amide bonds. The highest BCUT2D eigenvalue weighted by molar-refractivity contribution is 5.62. The number of nitrogen functional groups attached to an aromatic ring is 1. The van der Waals surface area contributed by atoms with E-state index in [1.165, 1.54) is 0 Å². The van der Waals surface area contributed by atoms with Crippen molar-refractivity contribution in [1.29, 1.82) is 5.26 Å². The molecule has 86 valence electrons. The number of hydrogen-bond acceptors (Lipinski definition) is 4. The molecule has 0 spiro atoms. The van der Waals surface area contributed by atoms with E-state index in [4.69, 9.17) is 11.0 Å². The molecule has 1 heterocycles. The van der Waals surface area contributed by atoms with Crippen LogP contribution >= 0.6 is 0 Å². The van der Waals surface area contributed by atoms with Crippen molar-refractivity contribution in [3.8, 4) is 6.07 Å². The number of nitriles is 1. The predicted molar refractivity (Wildman–Crippen MR) is 66.4 cm³/mol. The maximum Gasteiger partial charge on any atom is 0.101 e. The molecule has 0 aliphatic carbocycles. The van der Waals surface area contributed by atoms with E-state index in [1.807, 2.05) is 6.07 Å². The average Bonchev–Trinajstić information content (AvgIpc) is 2.84. The highest BCUT2D eigenvalue weighted by Crippen LogP contribution is 2.17. The first kappa shape index (κ1) is 11.0. The summed E-state index contributed by atoms with van der Waals surface area (Å²) in [6.07, 6.45) is 4.27. The number of nitrogens with two attached hydrogens (primary N) is 1. The lowest BCUT2D eigenvalue weighted by Gasteiger charge is -2.07. The highest BCUT2D eigenvalue weighted by Gasteiger charge is 2.02. The van der Waals surface area contributed by atoms with Gasteiger partial charge in [-0.25, -0.2) is 4.98 Å². The minimum Gasteiger partial charge on any atom is -0.399 e. The molecule has 4 N–H and O–H groups in total. The lowest BCUT2D eigenvalue weighted by Crippen LogP contribution is -2.06. The first-order valence-electron chi connectivity index (χ1n) is 5.30. The van der Waals surface area contributed by atoms with E-state index in [1.54, 1.807) is 24.7 Å². The molecule has 2 aromatic rings. The molecular weight excluding hydrogens is 214 g/mol. The molecule has 0 unspecified atom stereocenters. The van der Waals surface area contributed by atoms with Gasteiger partial charge in [0.25, 0.3) is 0 Å². The number of anilines is 2. The Hall–Kier alpha value is -2.48. The van der Waals surface area contributed by atoms with E-state index in [0.29, 0.717) is 11.3 Å². The van der Waals surface area contributed by atoms with E-state index in [0.717, 1.165) is 24.3 Å². The second-order valence-electron chi connectivity index (χ2n) is 3.67. The van der Waals surface area contributed by atoms with Crippen molar-refractivity contribution < 1.29 is 0 Å². The zero-order chi connectivity index (χ0) is 12.1. The summed E-state index contributed by atoms with van der Waals surface area (Å²) in [5, 5.41) is 12.2. The summed E-state index contributed by atoms with van der Waals surface area (Å²) < 4.78 is 0. The van der Waals surface area contributed by atoms with E-state index >= 15 is 0 Å². The topological polar surface area (TPSA) is 90.5 Å². The van der Waals surface area contributed by atoms with Gasteiger partial charge < -0.3 is 16.0 Å². The maximum absolute atomic E-state index is 8.96. The first-order chi connectivity index (χ1) is 8.29. The van der Waals surface area contributed by atoms with Crippen LogP contribution in [0.15, 0.2) is 30.7 Å². The van der Waals surface area contributed by atoms with Gasteiger partial charge in [-0.05, 0) is 18.2 Å². The van der Waals surface area contributed by atoms with Crippen LogP contribution in [0, 0.1) is 11.3 Å². The SMILES string of the molecule is N#Cc1cc(N)ccc1NCCc1cnc[nH]1. The minimum absolute atomic E-state index is 0.564. The number of hydrogen-bond donors (Lipinski definition) is 3. The molecule has 0 aliphatic rings. The summed E-state index contributed by atoms with van der Waals surface area (Å²) in [7, 11) is 0. The quantitative estimate of drug-likeness (QED) is 0.691. The fourth-order valence-electron chi connectivity index (χ4n) is 1.56. The highest BCUT2D eigenvalue weighted by atomic mass is 14.9. The van der Waals surface area contributed by atoms with Gasteiger partial charge in [0.2, 0.25) is 0 Å². The van der Waals surface area contributed by atoms with E-state index in [9.17, 15) is 0 Å². The summed E-state index contributed by atoms with van der Waals surface area (Å²) in [5.74, 6) is 0. The molecule has 0 aliphatic heterocycles. The Morgan fingerprint density at radius 2 is 2.35 bits per heavy atom. The molecule has 0 bridgehead atoms. The van der Waals surface area contributed by atoms with Crippen LogP contribution in [0.5, 0.6) is 0 Å². The van der Waals surface area contributed by atoms with Crippen molar-refractivity contribution in [2.75, 3.05) is 17.6 Å². The molecule has 0 saturated carbocycles. The monoisotopic (exact) mass is 227 g/mol. The van der Waals surface area contributed by atoms with Crippen LogP contribution in [0.4, 0.5) is 11.4 Å². The van der Waals surface area contributed by atoms with Gasteiger partial charge >= 0.3 is 0 Å². The van der Waals surface area contributed by atoms with Gasteiger partial charge in [0.05, 0.1) is 17.6 Å². The van der Waals surface area contributed by atoms with Crippen LogP contribution in [-0.4, -0.2) is 16.5 Å². The Morgan fingerprint density at radius 1 is 1.47 bits per heavy atom. The van der Waals surface area contributed by atoms with Crippen LogP contribution in [0.3, 0.4) is 0 Å². The fourth-order valence-corrected chi connectivity index (χ4v) is 1.56. The second kappa shape index (κ2) is 5.03. The van der Waals surface area contributed by atoms with Gasteiger partial charge in [-0.1, -0.05) is 0 Å². The molecule has 0 fully saturated rings. The Morgan fingerprint density at radius 3 is 3.06 bits per heavy atom. The fraction of sp³-hybridized carbons (Fsp3) is 0.167. The lowest BCUT2D eigenvalue weighted by atomic mass is 10.1. The standard InChI is InChI=1S/C12H13N5/c13-6-9-5-10(14)1-2-12(9)16-4-3-11-7-15-8-17-11/h1-2,5,7-8,16H,3-4,14H2,(H,15,17). The molecule has 2 rings (SSSR count). The van der Waals surface area contributed by atoms with Gasteiger partial charge in [-0.2, -0.15) is 5.26 Å². The third-order valence-electron chi connectivity index (χ3n) is 2.43. The van der Waals surface area contributed by atoms with Crippen molar-refractivity contribution in [3.63, 3.8) is 0 Å². The Balaban J connectivity index is 1.97. The van der Waals surface area contributed by atoms with Gasteiger partial charge in [0.15, 0.2) is 0 Å². The van der Waals surface area contributed by atoms with E-state index in [2.05, 4.69) is 21.4 Å². The maximum atomic E-state index is 8.96. The zero-order valence-electron chi connectivity index (χ0n) is 9.27. The Kier molecular flexibility index (Phi) is 3.26. The number of nitrogens with one attached hydrogen (secondary N) is 2. The summed E-state index contributed by atoms with van der Waals surface area (Å²) in [5.41, 5.74) is 8.65. The summed E-state index contributed by atoms with van der Waals surface area (Å²) in [6.45, 7) is 0.737. The summed E-state index contributed by atoms with van der Waals surface area (Å²) in [4.78, 5) is 6.97. The van der Waals surface area contributed by atoms with Crippen molar-refractivity contribution in [1.82, 2.24) is 9.97 Å². The van der Waals surface area contributed by atoms with E-state index < -0.39 is 0 Å². The smallest absolute Gasteiger partial charge is 0.101 e. The van der Waals surface area contributed by atoms with Crippen molar-refractivity contribution >= 4 is 11.4 Å². The van der Waals surface area contributed by atoms with Crippen LogP contribution in [-0.2, 0) is 6.42 Å². The van der Waals surface area contributed by atoms with E-state index in [-0.39, 0.29) is 0 Å². The minimum atomic E-state index is 0.564. The zero-order valence-corrected chi connectivity index (χ0v) is 9.27. The largest absolute Gasteiger partial charge is 0.399 e. The molecule has 0 atom stereocenters. The molecule has 0 saturated heterocycles. The molecular formula is C12H13N5. The number of benzene rings is 1. The summed E-state index contributed by atoms with van der Waals surface area (Å²) in [6, 6.07) is 7.38. The number of H-pyrrole nitrogens is 1. The molecule has 5 heteroatoms. The van der Waals surface area contributed by atoms with Crippen LogP contribution in [0.2, 0.25) is 0 Å². The van der Waals surface area contributed by atoms with Gasteiger partial charge in [-0.3, -0.25) is 0 Å². The Bertz CT molecular complexity index is 524. The Labute approximate surface area is 99.3 Å². The number of aromatic nitrogens is 2. The van der Waals surface area contributed by atoms with Crippen molar-refractivity contribution in [3.05, 3.63) is 42.0 Å². The van der Waals surface area contributed by atoms with Gasteiger partial charge in [0.1, 0.15) is 6.07 Å². The molecule has 5 nitrogen and oxygen atoms in total. The van der Waals surface area contributed by atoms with Crippen molar-refractivity contribution in [2.24, 2.45) is 0 Å². The lowest BCUT2D eigenvalue weighted by molar-refractivity contribution is 0.976. The number of nitrogens with zero attached hydrogens (tertiary/aromatic N) is 2. The average molecular weight is 227 g/mol. The third-order valence-corrected chi connectivity index (χ3v) is 2.43. The molecule has 17 heavy (non-hydrogen) atoms. The number of rotatable bonds is 4. The van der Waals surface area contributed by atoms with Crippen LogP contribution in [0.1, 0.15) is 11.3 Å². The third kappa shape index (κ3) is 2.75. The molecule has 1 aromatic carbocycles. The van der Waals surface area contributed by atoms with Crippen LogP contribution < -0.4 is 11.1 Å². The van der Waals surface area contributed by atoms with Crippen LogP contribution in [0.25, 0.3) is 0 Å². The number of imidazole rings is 1.